The van der Waals surface area contributed by atoms with E-state index < -0.39 is 5.82 Å². The lowest BCUT2D eigenvalue weighted by atomic mass is 10.2. The lowest BCUT2D eigenvalue weighted by Gasteiger charge is -2.36. The molecule has 3 rings (SSSR count). The minimum Gasteiger partial charge on any atom is -0.368 e. The van der Waals surface area contributed by atoms with E-state index in [1.807, 2.05) is 6.07 Å². The molecule has 0 aliphatic carbocycles. The molecular weight excluding hydrogens is 350 g/mol. The molecule has 138 valence electrons. The van der Waals surface area contributed by atoms with Crippen molar-refractivity contribution in [2.75, 3.05) is 36.4 Å². The Morgan fingerprint density at radius 3 is 2.37 bits per heavy atom. The molecule has 1 N–H and O–H groups in total. The van der Waals surface area contributed by atoms with Crippen LogP contribution in [0.2, 0.25) is 0 Å². The zero-order chi connectivity index (χ0) is 19.2. The van der Waals surface area contributed by atoms with Gasteiger partial charge in [0.25, 0.3) is 5.91 Å². The molecule has 1 fully saturated rings. The number of nitriles is 1. The van der Waals surface area contributed by atoms with E-state index in [1.165, 1.54) is 36.5 Å². The fourth-order valence-electron chi connectivity index (χ4n) is 2.87. The fraction of sp³-hybridized carbons (Fsp3) is 0.200. The summed E-state index contributed by atoms with van der Waals surface area (Å²) < 4.78 is 26.2. The molecule has 1 heterocycles. The first kappa shape index (κ1) is 18.4. The number of hydrogen-bond donors (Lipinski definition) is 1. The summed E-state index contributed by atoms with van der Waals surface area (Å²) in [5.74, 6) is -1.07. The van der Waals surface area contributed by atoms with E-state index in [4.69, 9.17) is 0 Å². The largest absolute Gasteiger partial charge is 0.368 e. The van der Waals surface area contributed by atoms with E-state index in [0.717, 1.165) is 5.69 Å². The molecule has 0 saturated carbocycles. The maximum atomic E-state index is 13.2. The number of anilines is 2. The summed E-state index contributed by atoms with van der Waals surface area (Å²) in [4.78, 5) is 16.2. The highest BCUT2D eigenvalue weighted by Crippen LogP contribution is 2.18. The summed E-state index contributed by atoms with van der Waals surface area (Å²) in [6.07, 6.45) is 1.30. The molecule has 1 aliphatic rings. The maximum absolute atomic E-state index is 13.2. The number of piperazine rings is 1. The van der Waals surface area contributed by atoms with Gasteiger partial charge in [0.2, 0.25) is 0 Å². The van der Waals surface area contributed by atoms with Crippen molar-refractivity contribution >= 4 is 17.3 Å². The van der Waals surface area contributed by atoms with Crippen LogP contribution in [0.15, 0.2) is 60.3 Å². The van der Waals surface area contributed by atoms with E-state index in [2.05, 4.69) is 10.2 Å². The Hall–Kier alpha value is -3.40. The van der Waals surface area contributed by atoms with Gasteiger partial charge in [-0.1, -0.05) is 6.07 Å². The molecule has 5 nitrogen and oxygen atoms in total. The number of amides is 1. The minimum atomic E-state index is -0.407. The number of benzene rings is 2. The van der Waals surface area contributed by atoms with Crippen LogP contribution in [0.5, 0.6) is 0 Å². The fourth-order valence-corrected chi connectivity index (χ4v) is 2.87. The summed E-state index contributed by atoms with van der Waals surface area (Å²) in [7, 11) is 0. The van der Waals surface area contributed by atoms with Crippen molar-refractivity contribution in [3.05, 3.63) is 71.9 Å². The maximum Gasteiger partial charge on any atom is 0.266 e. The molecule has 0 unspecified atom stereocenters. The second-order valence-corrected chi connectivity index (χ2v) is 6.08. The van der Waals surface area contributed by atoms with Crippen molar-refractivity contribution < 1.29 is 13.6 Å². The minimum absolute atomic E-state index is 0.0468. The third kappa shape index (κ3) is 4.61. The summed E-state index contributed by atoms with van der Waals surface area (Å²) >= 11 is 0. The van der Waals surface area contributed by atoms with Gasteiger partial charge in [0.05, 0.1) is 0 Å². The van der Waals surface area contributed by atoms with Crippen LogP contribution in [0.25, 0.3) is 0 Å². The van der Waals surface area contributed by atoms with Crippen molar-refractivity contribution in [2.24, 2.45) is 0 Å². The highest BCUT2D eigenvalue weighted by atomic mass is 19.1. The van der Waals surface area contributed by atoms with Crippen molar-refractivity contribution in [1.29, 1.82) is 5.26 Å². The summed E-state index contributed by atoms with van der Waals surface area (Å²) in [6.45, 7) is 2.09. The molecule has 1 aliphatic heterocycles. The quantitative estimate of drug-likeness (QED) is 0.665. The summed E-state index contributed by atoms with van der Waals surface area (Å²) in [6, 6.07) is 13.9. The standard InChI is InChI=1S/C20H18F2N4O/c21-16-4-6-19(7-5-16)25-8-10-26(11-9-25)20(27)15(13-23)14-24-18-3-1-2-17(22)12-18/h1-7,12,14,24H,8-11H2/b15-14-. The van der Waals surface area contributed by atoms with E-state index in [9.17, 15) is 18.8 Å². The number of nitrogens with one attached hydrogen (secondary N) is 1. The summed E-state index contributed by atoms with van der Waals surface area (Å²) in [5.41, 5.74) is 1.30. The second kappa shape index (κ2) is 8.32. The van der Waals surface area contributed by atoms with Gasteiger partial charge < -0.3 is 15.1 Å². The molecule has 0 atom stereocenters. The van der Waals surface area contributed by atoms with E-state index in [1.54, 1.807) is 23.1 Å². The predicted molar refractivity (Wildman–Crippen MR) is 98.9 cm³/mol. The molecule has 27 heavy (non-hydrogen) atoms. The van der Waals surface area contributed by atoms with Gasteiger partial charge >= 0.3 is 0 Å². The molecule has 0 radical (unpaired) electrons. The zero-order valence-corrected chi connectivity index (χ0v) is 14.5. The van der Waals surface area contributed by atoms with Gasteiger partial charge in [-0.3, -0.25) is 4.79 Å². The lowest BCUT2D eigenvalue weighted by Crippen LogP contribution is -2.49. The first-order valence-electron chi connectivity index (χ1n) is 8.49. The van der Waals surface area contributed by atoms with E-state index in [0.29, 0.717) is 31.9 Å². The zero-order valence-electron chi connectivity index (χ0n) is 14.5. The number of halogens is 2. The Labute approximate surface area is 156 Å². The average molecular weight is 368 g/mol. The average Bonchev–Trinajstić information content (AvgIpc) is 2.69. The number of carbonyl (C=O) groups excluding carboxylic acids is 1. The number of nitrogens with zero attached hydrogens (tertiary/aromatic N) is 3. The van der Waals surface area contributed by atoms with Crippen LogP contribution in [0.1, 0.15) is 0 Å². The van der Waals surface area contributed by atoms with Crippen LogP contribution in [0.4, 0.5) is 20.2 Å². The Kier molecular flexibility index (Phi) is 5.67. The molecule has 1 amide bonds. The van der Waals surface area contributed by atoms with Crippen molar-refractivity contribution in [3.8, 4) is 6.07 Å². The molecule has 0 spiro atoms. The van der Waals surface area contributed by atoms with Gasteiger partial charge in [0.15, 0.2) is 0 Å². The molecule has 2 aromatic rings. The topological polar surface area (TPSA) is 59.4 Å². The third-order valence-electron chi connectivity index (χ3n) is 4.32. The molecular formula is C20H18F2N4O. The van der Waals surface area contributed by atoms with Crippen molar-refractivity contribution in [2.45, 2.75) is 0 Å². The molecule has 1 saturated heterocycles. The Morgan fingerprint density at radius 1 is 1.04 bits per heavy atom. The van der Waals surface area contributed by atoms with Crippen LogP contribution < -0.4 is 10.2 Å². The number of carbonyl (C=O) groups is 1. The molecule has 0 aromatic heterocycles. The highest BCUT2D eigenvalue weighted by Gasteiger charge is 2.23. The number of rotatable bonds is 4. The van der Waals surface area contributed by atoms with Crippen LogP contribution in [0, 0.1) is 23.0 Å². The van der Waals surface area contributed by atoms with Crippen LogP contribution in [-0.2, 0) is 4.79 Å². The highest BCUT2D eigenvalue weighted by molar-refractivity contribution is 5.97. The lowest BCUT2D eigenvalue weighted by molar-refractivity contribution is -0.127. The van der Waals surface area contributed by atoms with Gasteiger partial charge in [-0.05, 0) is 42.5 Å². The second-order valence-electron chi connectivity index (χ2n) is 6.08. The van der Waals surface area contributed by atoms with Crippen molar-refractivity contribution in [1.82, 2.24) is 4.90 Å². The SMILES string of the molecule is N#C/C(=C/Nc1cccc(F)c1)C(=O)N1CCN(c2ccc(F)cc2)CC1. The number of hydrogen-bond acceptors (Lipinski definition) is 4. The summed E-state index contributed by atoms with van der Waals surface area (Å²) in [5, 5.41) is 12.1. The molecule has 0 bridgehead atoms. The van der Waals surface area contributed by atoms with Gasteiger partial charge in [-0.15, -0.1) is 0 Å². The van der Waals surface area contributed by atoms with Crippen LogP contribution in [0.3, 0.4) is 0 Å². The Balaban J connectivity index is 1.60. The van der Waals surface area contributed by atoms with Crippen LogP contribution in [-0.4, -0.2) is 37.0 Å². The Morgan fingerprint density at radius 2 is 1.74 bits per heavy atom. The van der Waals surface area contributed by atoms with Gasteiger partial charge in [0, 0.05) is 43.8 Å². The van der Waals surface area contributed by atoms with Crippen molar-refractivity contribution in [3.63, 3.8) is 0 Å². The smallest absolute Gasteiger partial charge is 0.266 e. The normalized spacial score (nSPS) is 14.6. The Bertz CT molecular complexity index is 882. The van der Waals surface area contributed by atoms with Gasteiger partial charge in [0.1, 0.15) is 23.3 Å². The van der Waals surface area contributed by atoms with Crippen LogP contribution >= 0.6 is 0 Å². The van der Waals surface area contributed by atoms with E-state index >= 15 is 0 Å². The molecule has 2 aromatic carbocycles. The first-order chi connectivity index (χ1) is 13.1. The third-order valence-corrected chi connectivity index (χ3v) is 4.32. The first-order valence-corrected chi connectivity index (χ1v) is 8.49. The molecule has 7 heteroatoms. The van der Waals surface area contributed by atoms with Gasteiger partial charge in [-0.25, -0.2) is 8.78 Å². The predicted octanol–water partition coefficient (Wildman–Crippen LogP) is 3.13. The monoisotopic (exact) mass is 368 g/mol. The van der Waals surface area contributed by atoms with Gasteiger partial charge in [-0.2, -0.15) is 5.26 Å². The van der Waals surface area contributed by atoms with E-state index in [-0.39, 0.29) is 17.3 Å².